The third kappa shape index (κ3) is 4.21. The van der Waals surface area contributed by atoms with E-state index in [4.69, 9.17) is 14.6 Å². The summed E-state index contributed by atoms with van der Waals surface area (Å²) in [5.41, 5.74) is -1.02. The van der Waals surface area contributed by atoms with Gasteiger partial charge in [0, 0.05) is 6.20 Å². The number of nitrogens with zero attached hydrogens (tertiary/aromatic N) is 5. The number of aliphatic hydroxyl groups excluding tert-OH is 2. The van der Waals surface area contributed by atoms with Crippen LogP contribution in [-0.4, -0.2) is 65.1 Å². The molecule has 1 fully saturated rings. The summed E-state index contributed by atoms with van der Waals surface area (Å²) in [6.07, 6.45) is -5.21. The lowest BCUT2D eigenvalue weighted by Crippen LogP contribution is -2.41. The fraction of sp³-hybridized carbons (Fsp3) is 0.467. The van der Waals surface area contributed by atoms with Crippen LogP contribution in [0.2, 0.25) is 0 Å². The number of amides is 1. The van der Waals surface area contributed by atoms with E-state index in [1.165, 1.54) is 7.05 Å². The summed E-state index contributed by atoms with van der Waals surface area (Å²) in [7, 11) is 1.35. The second-order valence-corrected chi connectivity index (χ2v) is 6.40. The Morgan fingerprint density at radius 2 is 2.23 bits per heavy atom. The number of nitrogens with one attached hydrogen (secondary N) is 1. The van der Waals surface area contributed by atoms with Crippen molar-refractivity contribution in [2.75, 3.05) is 11.9 Å². The van der Waals surface area contributed by atoms with E-state index in [1.54, 1.807) is 0 Å². The summed E-state index contributed by atoms with van der Waals surface area (Å²) in [5.74, 6) is -4.66. The molecule has 0 saturated carbocycles. The summed E-state index contributed by atoms with van der Waals surface area (Å²) in [6, 6.07) is 1.01. The minimum Gasteiger partial charge on any atom is -0.441 e. The van der Waals surface area contributed by atoms with Crippen molar-refractivity contribution >= 4 is 17.9 Å². The lowest BCUT2D eigenvalue weighted by molar-refractivity contribution is -0.396. The van der Waals surface area contributed by atoms with Crippen LogP contribution in [0.3, 0.4) is 0 Å². The van der Waals surface area contributed by atoms with Crippen molar-refractivity contribution in [3.05, 3.63) is 44.8 Å². The van der Waals surface area contributed by atoms with Gasteiger partial charge in [0.2, 0.25) is 6.23 Å². The van der Waals surface area contributed by atoms with Gasteiger partial charge >= 0.3 is 23.7 Å². The molecule has 16 heteroatoms. The van der Waals surface area contributed by atoms with Crippen LogP contribution in [0.1, 0.15) is 11.9 Å². The zero-order valence-electron chi connectivity index (χ0n) is 15.7. The van der Waals surface area contributed by atoms with Crippen LogP contribution in [0.25, 0.3) is 0 Å². The van der Waals surface area contributed by atoms with Gasteiger partial charge in [-0.2, -0.15) is 13.8 Å². The van der Waals surface area contributed by atoms with Gasteiger partial charge in [-0.25, -0.2) is 14.2 Å². The SMILES string of the molecule is Cn1c(COC(=O)Nc2ccn([C@@H]3O[C@H](CO)C(O)C3(F)F)c(=O)n2)cnc1[N+](=O)[O-]. The van der Waals surface area contributed by atoms with Gasteiger partial charge < -0.3 is 29.8 Å². The Morgan fingerprint density at radius 3 is 2.77 bits per heavy atom. The fourth-order valence-corrected chi connectivity index (χ4v) is 2.80. The van der Waals surface area contributed by atoms with Crippen LogP contribution in [-0.2, 0) is 23.1 Å². The fourth-order valence-electron chi connectivity index (χ4n) is 2.80. The first-order chi connectivity index (χ1) is 14.6. The van der Waals surface area contributed by atoms with E-state index in [-0.39, 0.29) is 18.1 Å². The summed E-state index contributed by atoms with van der Waals surface area (Å²) in [4.78, 5) is 41.0. The van der Waals surface area contributed by atoms with Crippen LogP contribution in [0, 0.1) is 10.1 Å². The Bertz CT molecular complexity index is 1060. The van der Waals surface area contributed by atoms with Gasteiger partial charge in [-0.05, 0) is 11.0 Å². The standard InChI is InChI=1S/C15H16F2N6O8/c1-21-7(4-18-12(21)23(28)29)6-30-14(27)20-9-2-3-22(13(26)19-9)11-15(16,17)10(25)8(5-24)31-11/h2-4,8,10-11,24-25H,5-6H2,1H3,(H,19,20,26,27)/t8-,10?,11-/m1/s1. The van der Waals surface area contributed by atoms with E-state index in [0.29, 0.717) is 4.57 Å². The molecule has 0 bridgehead atoms. The number of anilines is 1. The number of carbonyl (C=O) groups is 1. The third-order valence-corrected chi connectivity index (χ3v) is 4.45. The van der Waals surface area contributed by atoms with E-state index in [9.17, 15) is 33.6 Å². The highest BCUT2D eigenvalue weighted by atomic mass is 19.3. The molecule has 1 aliphatic heterocycles. The number of carbonyl (C=O) groups excluding carboxylic acids is 1. The highest BCUT2D eigenvalue weighted by Crippen LogP contribution is 2.41. The Balaban J connectivity index is 1.66. The zero-order valence-corrected chi connectivity index (χ0v) is 15.7. The first-order valence-electron chi connectivity index (χ1n) is 8.56. The molecule has 3 heterocycles. The molecule has 168 valence electrons. The monoisotopic (exact) mass is 446 g/mol. The van der Waals surface area contributed by atoms with E-state index >= 15 is 0 Å². The smallest absolute Gasteiger partial charge is 0.434 e. The molecule has 2 aromatic heterocycles. The molecule has 31 heavy (non-hydrogen) atoms. The van der Waals surface area contributed by atoms with Crippen molar-refractivity contribution in [3.63, 3.8) is 0 Å². The molecule has 1 amide bonds. The molecule has 1 saturated heterocycles. The normalized spacial score (nSPS) is 22.3. The van der Waals surface area contributed by atoms with Crippen LogP contribution < -0.4 is 11.0 Å². The molecule has 3 atom stereocenters. The Hall–Kier alpha value is -3.50. The van der Waals surface area contributed by atoms with Gasteiger partial charge in [-0.3, -0.25) is 9.88 Å². The number of imidazole rings is 1. The molecular formula is C15H16F2N6O8. The van der Waals surface area contributed by atoms with Crippen molar-refractivity contribution in [1.29, 1.82) is 0 Å². The molecule has 3 rings (SSSR count). The molecule has 2 aromatic rings. The molecule has 3 N–H and O–H groups in total. The highest BCUT2D eigenvalue weighted by Gasteiger charge is 2.59. The maximum atomic E-state index is 14.1. The van der Waals surface area contributed by atoms with E-state index in [0.717, 1.165) is 23.0 Å². The minimum absolute atomic E-state index is 0.211. The lowest BCUT2D eigenvalue weighted by Gasteiger charge is -2.21. The largest absolute Gasteiger partial charge is 0.441 e. The zero-order chi connectivity index (χ0) is 22.9. The van der Waals surface area contributed by atoms with Gasteiger partial charge in [0.1, 0.15) is 18.1 Å². The maximum Gasteiger partial charge on any atom is 0.434 e. The van der Waals surface area contributed by atoms with E-state index in [1.807, 2.05) is 0 Å². The van der Waals surface area contributed by atoms with Gasteiger partial charge in [-0.15, -0.1) is 0 Å². The van der Waals surface area contributed by atoms with Gasteiger partial charge in [0.05, 0.1) is 13.7 Å². The van der Waals surface area contributed by atoms with Crippen LogP contribution in [0.5, 0.6) is 0 Å². The number of aromatic nitrogens is 4. The number of alkyl halides is 2. The number of hydrogen-bond donors (Lipinski definition) is 3. The average Bonchev–Trinajstić information content (AvgIpc) is 3.18. The molecule has 14 nitrogen and oxygen atoms in total. The predicted octanol–water partition coefficient (Wildman–Crippen LogP) is -0.480. The van der Waals surface area contributed by atoms with Crippen molar-refractivity contribution in [1.82, 2.24) is 19.1 Å². The average molecular weight is 446 g/mol. The number of rotatable bonds is 6. The summed E-state index contributed by atoms with van der Waals surface area (Å²) in [6.45, 7) is -1.27. The quantitative estimate of drug-likeness (QED) is 0.387. The van der Waals surface area contributed by atoms with Gasteiger partial charge in [-0.1, -0.05) is 4.98 Å². The number of ether oxygens (including phenoxy) is 2. The molecule has 0 spiro atoms. The molecule has 0 aromatic carbocycles. The first-order valence-corrected chi connectivity index (χ1v) is 8.56. The van der Waals surface area contributed by atoms with E-state index in [2.05, 4.69) is 15.3 Å². The van der Waals surface area contributed by atoms with E-state index < -0.39 is 53.6 Å². The second-order valence-electron chi connectivity index (χ2n) is 6.40. The minimum atomic E-state index is -3.88. The summed E-state index contributed by atoms with van der Waals surface area (Å²) < 4.78 is 39.5. The maximum absolute atomic E-state index is 14.1. The van der Waals surface area contributed by atoms with Crippen LogP contribution >= 0.6 is 0 Å². The lowest BCUT2D eigenvalue weighted by atomic mass is 10.1. The van der Waals surface area contributed by atoms with Gasteiger partial charge in [0.15, 0.2) is 18.4 Å². The van der Waals surface area contributed by atoms with Crippen molar-refractivity contribution in [3.8, 4) is 0 Å². The molecule has 1 aliphatic rings. The first kappa shape index (κ1) is 22.2. The Labute approximate surface area is 170 Å². The van der Waals surface area contributed by atoms with Crippen molar-refractivity contribution in [2.24, 2.45) is 7.05 Å². The topological polar surface area (TPSA) is 184 Å². The van der Waals surface area contributed by atoms with Crippen LogP contribution in [0.4, 0.5) is 25.3 Å². The summed E-state index contributed by atoms with van der Waals surface area (Å²) in [5, 5.41) is 31.4. The third-order valence-electron chi connectivity index (χ3n) is 4.45. The van der Waals surface area contributed by atoms with Gasteiger partial charge in [0.25, 0.3) is 0 Å². The number of halogens is 2. The molecular weight excluding hydrogens is 430 g/mol. The molecule has 0 aliphatic carbocycles. The second kappa shape index (κ2) is 8.32. The predicted molar refractivity (Wildman–Crippen MR) is 94.1 cm³/mol. The molecule has 0 radical (unpaired) electrons. The van der Waals surface area contributed by atoms with Crippen molar-refractivity contribution in [2.45, 2.75) is 31.0 Å². The highest BCUT2D eigenvalue weighted by molar-refractivity contribution is 5.83. The number of hydrogen-bond acceptors (Lipinski definition) is 10. The number of aliphatic hydroxyl groups is 2. The molecule has 1 unspecified atom stereocenters. The Kier molecular flexibility index (Phi) is 5.96. The Morgan fingerprint density at radius 1 is 1.52 bits per heavy atom. The summed E-state index contributed by atoms with van der Waals surface area (Å²) >= 11 is 0. The number of nitro groups is 1. The van der Waals surface area contributed by atoms with Crippen molar-refractivity contribution < 1.29 is 38.2 Å². The van der Waals surface area contributed by atoms with Crippen LogP contribution in [0.15, 0.2) is 23.3 Å².